The number of aliphatic hydroxyl groups is 2. The van der Waals surface area contributed by atoms with Gasteiger partial charge in [-0.2, -0.15) is 0 Å². The van der Waals surface area contributed by atoms with Crippen molar-refractivity contribution >= 4 is 5.97 Å². The highest BCUT2D eigenvalue weighted by Gasteiger charge is 2.66. The van der Waals surface area contributed by atoms with Crippen molar-refractivity contribution in [2.75, 3.05) is 6.61 Å². The Morgan fingerprint density at radius 1 is 1.32 bits per heavy atom. The largest absolute Gasteiger partial charge is 0.463 e. The van der Waals surface area contributed by atoms with E-state index < -0.39 is 0 Å². The van der Waals surface area contributed by atoms with Crippen LogP contribution < -0.4 is 0 Å². The van der Waals surface area contributed by atoms with Gasteiger partial charge in [-0.05, 0) is 79.6 Å². The second-order valence-corrected chi connectivity index (χ2v) is 9.51. The number of rotatable bonds is 2. The van der Waals surface area contributed by atoms with Crippen LogP contribution in [-0.4, -0.2) is 35.0 Å². The van der Waals surface area contributed by atoms with Gasteiger partial charge in [0.2, 0.25) is 0 Å². The summed E-state index contributed by atoms with van der Waals surface area (Å²) in [5.74, 6) is 1.33. The van der Waals surface area contributed by atoms with Crippen molar-refractivity contribution in [3.05, 3.63) is 12.2 Å². The number of hydrogen-bond acceptors (Lipinski definition) is 4. The Labute approximate surface area is 150 Å². The van der Waals surface area contributed by atoms with E-state index in [2.05, 4.69) is 13.5 Å². The monoisotopic (exact) mass is 348 g/mol. The van der Waals surface area contributed by atoms with Gasteiger partial charge in [-0.3, -0.25) is 4.79 Å². The zero-order chi connectivity index (χ0) is 18.0. The van der Waals surface area contributed by atoms with Gasteiger partial charge in [0.05, 0.1) is 6.10 Å². The molecule has 8 atom stereocenters. The first-order valence-electron chi connectivity index (χ1n) is 9.96. The van der Waals surface area contributed by atoms with Crippen LogP contribution in [-0.2, 0) is 9.53 Å². The van der Waals surface area contributed by atoms with Gasteiger partial charge in [-0.1, -0.05) is 13.5 Å². The molecule has 0 aliphatic heterocycles. The smallest absolute Gasteiger partial charge is 0.302 e. The lowest BCUT2D eigenvalue weighted by atomic mass is 9.43. The van der Waals surface area contributed by atoms with Crippen molar-refractivity contribution in [1.29, 1.82) is 0 Å². The van der Waals surface area contributed by atoms with E-state index in [9.17, 15) is 15.0 Å². The molecule has 0 amide bonds. The van der Waals surface area contributed by atoms with Crippen molar-refractivity contribution in [3.8, 4) is 0 Å². The SMILES string of the molecule is C=C1[C@@H]2CC[C@H]3[C@]4(C)C[C@H](OC(C)=O)C[C@@H](CO)[C@H]4CC[C@]3(C2)[C@H]1O. The third-order valence-corrected chi connectivity index (χ3v) is 8.48. The minimum absolute atomic E-state index is 0.0145. The summed E-state index contributed by atoms with van der Waals surface area (Å²) in [6.45, 7) is 8.19. The summed E-state index contributed by atoms with van der Waals surface area (Å²) < 4.78 is 5.61. The maximum atomic E-state index is 11.5. The number of carbonyl (C=O) groups excluding carboxylic acids is 1. The standard InChI is InChI=1S/C21H32O4/c1-12-14-4-5-18-20(3)10-16(25-13(2)23)8-15(11-22)17(20)6-7-21(18,9-14)19(12)24/h14-19,22,24H,1,4-11H2,2-3H3/t14-,15+,16-,17-,18+,19+,20-,21-/m1/s1. The Bertz CT molecular complexity index is 586. The third kappa shape index (κ3) is 2.36. The highest BCUT2D eigenvalue weighted by molar-refractivity contribution is 5.66. The second kappa shape index (κ2) is 5.82. The third-order valence-electron chi connectivity index (χ3n) is 8.48. The predicted octanol–water partition coefficient (Wildman–Crippen LogP) is 3.07. The van der Waals surface area contributed by atoms with Crippen LogP contribution in [0.15, 0.2) is 12.2 Å². The fourth-order valence-electron chi connectivity index (χ4n) is 7.65. The van der Waals surface area contributed by atoms with Crippen LogP contribution in [0.25, 0.3) is 0 Å². The lowest BCUT2D eigenvalue weighted by Gasteiger charge is -2.62. The van der Waals surface area contributed by atoms with Gasteiger partial charge < -0.3 is 14.9 Å². The molecule has 0 aromatic carbocycles. The first-order valence-corrected chi connectivity index (χ1v) is 9.96. The molecule has 0 saturated heterocycles. The van der Waals surface area contributed by atoms with Crippen molar-refractivity contribution in [2.45, 2.75) is 71.0 Å². The van der Waals surface area contributed by atoms with Crippen LogP contribution in [0.2, 0.25) is 0 Å². The lowest BCUT2D eigenvalue weighted by molar-refractivity contribution is -0.186. The summed E-state index contributed by atoms with van der Waals surface area (Å²) in [4.78, 5) is 11.5. The van der Waals surface area contributed by atoms with Crippen molar-refractivity contribution in [1.82, 2.24) is 0 Å². The molecule has 4 nitrogen and oxygen atoms in total. The summed E-state index contributed by atoms with van der Waals surface area (Å²) in [6.07, 6.45) is 6.56. The zero-order valence-electron chi connectivity index (χ0n) is 15.5. The van der Waals surface area contributed by atoms with E-state index in [1.54, 1.807) is 0 Å². The molecule has 0 radical (unpaired) electrons. The number of fused-ring (bicyclic) bond motifs is 3. The van der Waals surface area contributed by atoms with E-state index in [0.717, 1.165) is 50.5 Å². The maximum Gasteiger partial charge on any atom is 0.302 e. The fraction of sp³-hybridized carbons (Fsp3) is 0.857. The molecule has 0 aromatic heterocycles. The zero-order valence-corrected chi connectivity index (χ0v) is 15.5. The molecule has 140 valence electrons. The average Bonchev–Trinajstić information content (AvgIpc) is 2.73. The average molecular weight is 348 g/mol. The Hall–Kier alpha value is -0.870. The normalized spacial score (nSPS) is 51.6. The van der Waals surface area contributed by atoms with Gasteiger partial charge >= 0.3 is 5.97 Å². The van der Waals surface area contributed by atoms with Gasteiger partial charge in [0.1, 0.15) is 6.10 Å². The minimum Gasteiger partial charge on any atom is -0.463 e. The molecule has 0 aromatic rings. The van der Waals surface area contributed by atoms with Gasteiger partial charge in [0, 0.05) is 18.9 Å². The molecule has 4 rings (SSSR count). The summed E-state index contributed by atoms with van der Waals surface area (Å²) in [5.41, 5.74) is 1.03. The van der Waals surface area contributed by atoms with E-state index in [4.69, 9.17) is 4.74 Å². The van der Waals surface area contributed by atoms with Gasteiger partial charge in [0.15, 0.2) is 0 Å². The van der Waals surface area contributed by atoms with Crippen LogP contribution >= 0.6 is 0 Å². The van der Waals surface area contributed by atoms with Crippen molar-refractivity contribution in [2.24, 2.45) is 34.5 Å². The van der Waals surface area contributed by atoms with E-state index in [0.29, 0.717) is 17.8 Å². The quantitative estimate of drug-likeness (QED) is 0.594. The first-order chi connectivity index (χ1) is 11.8. The Morgan fingerprint density at radius 2 is 2.08 bits per heavy atom. The Kier molecular flexibility index (Phi) is 4.08. The summed E-state index contributed by atoms with van der Waals surface area (Å²) in [7, 11) is 0. The molecule has 4 fully saturated rings. The lowest BCUT2D eigenvalue weighted by Crippen LogP contribution is -2.59. The number of hydrogen-bond donors (Lipinski definition) is 2. The number of carbonyl (C=O) groups is 1. The molecular formula is C21H32O4. The number of aliphatic hydroxyl groups excluding tert-OH is 2. The van der Waals surface area contributed by atoms with Gasteiger partial charge in [-0.25, -0.2) is 0 Å². The molecule has 4 aliphatic rings. The van der Waals surface area contributed by atoms with E-state index in [1.807, 2.05) is 0 Å². The van der Waals surface area contributed by atoms with Crippen LogP contribution in [0.5, 0.6) is 0 Å². The fourth-order valence-corrected chi connectivity index (χ4v) is 7.65. The topological polar surface area (TPSA) is 66.8 Å². The van der Waals surface area contributed by atoms with Crippen molar-refractivity contribution < 1.29 is 19.7 Å². The van der Waals surface area contributed by atoms with Gasteiger partial charge in [-0.15, -0.1) is 0 Å². The molecule has 0 heterocycles. The predicted molar refractivity (Wildman–Crippen MR) is 94.6 cm³/mol. The van der Waals surface area contributed by atoms with E-state index in [1.165, 1.54) is 6.92 Å². The van der Waals surface area contributed by atoms with Crippen molar-refractivity contribution in [3.63, 3.8) is 0 Å². The number of ether oxygens (including phenoxy) is 1. The highest BCUT2D eigenvalue weighted by Crippen LogP contribution is 2.70. The molecule has 1 spiro atoms. The molecule has 2 N–H and O–H groups in total. The minimum atomic E-state index is -0.385. The Morgan fingerprint density at radius 3 is 2.76 bits per heavy atom. The van der Waals surface area contributed by atoms with Crippen LogP contribution in [0, 0.1) is 34.5 Å². The molecule has 4 aliphatic carbocycles. The molecular weight excluding hydrogens is 316 g/mol. The van der Waals surface area contributed by atoms with E-state index in [-0.39, 0.29) is 41.5 Å². The number of esters is 1. The second-order valence-electron chi connectivity index (χ2n) is 9.51. The van der Waals surface area contributed by atoms with Crippen LogP contribution in [0.1, 0.15) is 58.8 Å². The molecule has 2 bridgehead atoms. The molecule has 25 heavy (non-hydrogen) atoms. The molecule has 0 unspecified atom stereocenters. The van der Waals surface area contributed by atoms with Gasteiger partial charge in [0.25, 0.3) is 0 Å². The molecule has 4 heteroatoms. The summed E-state index contributed by atoms with van der Waals surface area (Å²) >= 11 is 0. The van der Waals surface area contributed by atoms with E-state index >= 15 is 0 Å². The summed E-state index contributed by atoms with van der Waals surface area (Å²) in [5, 5.41) is 21.1. The molecule has 4 saturated carbocycles. The van der Waals surface area contributed by atoms with Crippen LogP contribution in [0.4, 0.5) is 0 Å². The van der Waals surface area contributed by atoms with Crippen LogP contribution in [0.3, 0.4) is 0 Å². The maximum absolute atomic E-state index is 11.5. The summed E-state index contributed by atoms with van der Waals surface area (Å²) in [6, 6.07) is 0. The Balaban J connectivity index is 1.70. The highest BCUT2D eigenvalue weighted by atomic mass is 16.5. The first kappa shape index (κ1) is 17.5.